The number of nitrogens with two attached hydrogens (primary N) is 1. The first-order valence-corrected chi connectivity index (χ1v) is 9.90. The smallest absolute Gasteiger partial charge is 0.308 e. The molecule has 0 bridgehead atoms. The number of amides is 2. The lowest BCUT2D eigenvalue weighted by Crippen LogP contribution is -2.51. The Morgan fingerprint density at radius 3 is 2.86 bits per heavy atom. The number of nitrogens with one attached hydrogen (secondary N) is 3. The normalized spacial score (nSPS) is 21.5. The summed E-state index contributed by atoms with van der Waals surface area (Å²) in [6.07, 6.45) is 3.88. The van der Waals surface area contributed by atoms with Crippen LogP contribution in [-0.2, 0) is 16.0 Å². The molecule has 3 rings (SSSR count). The van der Waals surface area contributed by atoms with Gasteiger partial charge in [0.1, 0.15) is 6.04 Å². The molecule has 0 radical (unpaired) electrons. The van der Waals surface area contributed by atoms with E-state index in [-0.39, 0.29) is 11.8 Å². The third-order valence-corrected chi connectivity index (χ3v) is 5.56. The van der Waals surface area contributed by atoms with Gasteiger partial charge in [-0.25, -0.2) is 0 Å². The fourth-order valence-corrected chi connectivity index (χ4v) is 3.98. The Morgan fingerprint density at radius 2 is 2.11 bits per heavy atom. The molecule has 0 spiro atoms. The highest BCUT2D eigenvalue weighted by Gasteiger charge is 2.35. The van der Waals surface area contributed by atoms with E-state index >= 15 is 0 Å². The monoisotopic (exact) mass is 388 g/mol. The highest BCUT2D eigenvalue weighted by molar-refractivity contribution is 5.98. The lowest BCUT2D eigenvalue weighted by Gasteiger charge is -2.23. The van der Waals surface area contributed by atoms with Gasteiger partial charge in [-0.15, -0.1) is 0 Å². The van der Waals surface area contributed by atoms with E-state index in [0.717, 1.165) is 25.1 Å². The number of carbonyl (C=O) groups is 3. The number of hydrogen-bond acceptors (Lipinski definition) is 5. The van der Waals surface area contributed by atoms with Crippen molar-refractivity contribution in [3.8, 4) is 0 Å². The van der Waals surface area contributed by atoms with Gasteiger partial charge in [0, 0.05) is 23.8 Å². The molecule has 1 fully saturated rings. The zero-order valence-corrected chi connectivity index (χ0v) is 15.9. The Bertz CT molecular complexity index is 752. The van der Waals surface area contributed by atoms with Gasteiger partial charge < -0.3 is 26.8 Å². The standard InChI is InChI=1S/C20H28N4O4/c21-9-2-5-16(19(26)23-15-4-1-3-14(15)20(27)28)24-18(25)13-7-6-12-8-10-22-17(12)11-13/h6-7,11,14-16,22H,1-5,8-10,21H2,(H,23,26)(H,24,25)(H,27,28)/t14-,15+,16+/m1/s1. The Balaban J connectivity index is 1.66. The molecule has 1 aromatic rings. The van der Waals surface area contributed by atoms with Crippen LogP contribution in [0.2, 0.25) is 0 Å². The van der Waals surface area contributed by atoms with E-state index in [1.54, 1.807) is 12.1 Å². The number of anilines is 1. The Hall–Kier alpha value is -2.61. The fourth-order valence-electron chi connectivity index (χ4n) is 3.98. The molecule has 152 valence electrons. The number of aliphatic carboxylic acids is 1. The first kappa shape index (κ1) is 20.1. The number of carboxylic acids is 1. The molecule has 1 saturated carbocycles. The average Bonchev–Trinajstić information content (AvgIpc) is 3.33. The third-order valence-electron chi connectivity index (χ3n) is 5.56. The molecule has 0 saturated heterocycles. The van der Waals surface area contributed by atoms with Gasteiger partial charge >= 0.3 is 5.97 Å². The second-order valence-corrected chi connectivity index (χ2v) is 7.50. The van der Waals surface area contributed by atoms with Gasteiger partial charge in [0.05, 0.1) is 5.92 Å². The van der Waals surface area contributed by atoms with Crippen LogP contribution in [0.5, 0.6) is 0 Å². The first-order chi connectivity index (χ1) is 13.5. The summed E-state index contributed by atoms with van der Waals surface area (Å²) in [7, 11) is 0. The maximum absolute atomic E-state index is 12.8. The molecule has 2 aliphatic rings. The largest absolute Gasteiger partial charge is 0.481 e. The molecule has 3 atom stereocenters. The van der Waals surface area contributed by atoms with Crippen LogP contribution in [0.25, 0.3) is 0 Å². The molecule has 28 heavy (non-hydrogen) atoms. The first-order valence-electron chi connectivity index (χ1n) is 9.90. The number of fused-ring (bicyclic) bond motifs is 1. The summed E-state index contributed by atoms with van der Waals surface area (Å²) in [6.45, 7) is 1.26. The van der Waals surface area contributed by atoms with E-state index in [9.17, 15) is 19.5 Å². The molecule has 1 aliphatic carbocycles. The number of hydrogen-bond donors (Lipinski definition) is 5. The molecule has 1 heterocycles. The second-order valence-electron chi connectivity index (χ2n) is 7.50. The Kier molecular flexibility index (Phi) is 6.51. The minimum atomic E-state index is -0.893. The minimum absolute atomic E-state index is 0.324. The predicted molar refractivity (Wildman–Crippen MR) is 105 cm³/mol. The highest BCUT2D eigenvalue weighted by Crippen LogP contribution is 2.26. The highest BCUT2D eigenvalue weighted by atomic mass is 16.4. The van der Waals surface area contributed by atoms with Crippen molar-refractivity contribution >= 4 is 23.5 Å². The average molecular weight is 388 g/mol. The molecular formula is C20H28N4O4. The lowest BCUT2D eigenvalue weighted by atomic mass is 10.0. The summed E-state index contributed by atoms with van der Waals surface area (Å²) in [5.74, 6) is -2.14. The van der Waals surface area contributed by atoms with E-state index in [4.69, 9.17) is 5.73 Å². The molecule has 2 amide bonds. The molecule has 1 aromatic carbocycles. The summed E-state index contributed by atoms with van der Waals surface area (Å²) in [5, 5.41) is 18.2. The summed E-state index contributed by atoms with van der Waals surface area (Å²) >= 11 is 0. The third kappa shape index (κ3) is 4.62. The number of carbonyl (C=O) groups excluding carboxylic acids is 2. The van der Waals surface area contributed by atoms with Crippen molar-refractivity contribution in [1.82, 2.24) is 10.6 Å². The van der Waals surface area contributed by atoms with Gasteiger partial charge in [0.25, 0.3) is 5.91 Å². The van der Waals surface area contributed by atoms with Crippen LogP contribution in [0.1, 0.15) is 48.0 Å². The predicted octanol–water partition coefficient (Wildman–Crippen LogP) is 0.861. The molecule has 8 nitrogen and oxygen atoms in total. The summed E-state index contributed by atoms with van der Waals surface area (Å²) in [4.78, 5) is 36.8. The summed E-state index contributed by atoms with van der Waals surface area (Å²) in [6, 6.07) is 4.34. The summed E-state index contributed by atoms with van der Waals surface area (Å²) in [5.41, 5.74) is 8.19. The van der Waals surface area contributed by atoms with Gasteiger partial charge in [-0.1, -0.05) is 12.5 Å². The SMILES string of the molecule is NCCC[C@H](NC(=O)c1ccc2c(c1)NCC2)C(=O)N[C@H]1CCC[C@H]1C(=O)O. The van der Waals surface area contributed by atoms with Crippen molar-refractivity contribution in [2.75, 3.05) is 18.4 Å². The van der Waals surface area contributed by atoms with Gasteiger partial charge in [-0.2, -0.15) is 0 Å². The van der Waals surface area contributed by atoms with Gasteiger partial charge in [0.2, 0.25) is 5.91 Å². The van der Waals surface area contributed by atoms with Crippen molar-refractivity contribution in [3.05, 3.63) is 29.3 Å². The maximum atomic E-state index is 12.8. The van der Waals surface area contributed by atoms with E-state index in [1.165, 1.54) is 5.56 Å². The van der Waals surface area contributed by atoms with Crippen LogP contribution >= 0.6 is 0 Å². The van der Waals surface area contributed by atoms with Crippen molar-refractivity contribution < 1.29 is 19.5 Å². The minimum Gasteiger partial charge on any atom is -0.481 e. The van der Waals surface area contributed by atoms with Crippen LogP contribution in [0.15, 0.2) is 18.2 Å². The lowest BCUT2D eigenvalue weighted by molar-refractivity contribution is -0.142. The van der Waals surface area contributed by atoms with Gasteiger partial charge in [-0.05, 0) is 56.3 Å². The van der Waals surface area contributed by atoms with E-state index < -0.39 is 24.0 Å². The second kappa shape index (κ2) is 9.05. The zero-order chi connectivity index (χ0) is 20.1. The van der Waals surface area contributed by atoms with Crippen molar-refractivity contribution in [3.63, 3.8) is 0 Å². The van der Waals surface area contributed by atoms with Crippen molar-refractivity contribution in [2.45, 2.75) is 50.6 Å². The molecular weight excluding hydrogens is 360 g/mol. The van der Waals surface area contributed by atoms with Crippen LogP contribution in [0.4, 0.5) is 5.69 Å². The van der Waals surface area contributed by atoms with E-state index in [2.05, 4.69) is 16.0 Å². The number of benzene rings is 1. The van der Waals surface area contributed by atoms with E-state index in [1.807, 2.05) is 6.07 Å². The summed E-state index contributed by atoms with van der Waals surface area (Å²) < 4.78 is 0. The zero-order valence-electron chi connectivity index (χ0n) is 15.9. The fraction of sp³-hybridized carbons (Fsp3) is 0.550. The quantitative estimate of drug-likeness (QED) is 0.449. The molecule has 0 aromatic heterocycles. The van der Waals surface area contributed by atoms with Crippen molar-refractivity contribution in [1.29, 1.82) is 0 Å². The topological polar surface area (TPSA) is 134 Å². The van der Waals surface area contributed by atoms with Crippen LogP contribution in [0.3, 0.4) is 0 Å². The van der Waals surface area contributed by atoms with Gasteiger partial charge in [-0.3, -0.25) is 14.4 Å². The van der Waals surface area contributed by atoms with Gasteiger partial charge in [0.15, 0.2) is 0 Å². The van der Waals surface area contributed by atoms with E-state index in [0.29, 0.717) is 37.8 Å². The Morgan fingerprint density at radius 1 is 1.29 bits per heavy atom. The number of carboxylic acid groups (broad SMARTS) is 1. The molecule has 0 unspecified atom stereocenters. The van der Waals surface area contributed by atoms with Crippen LogP contribution in [0, 0.1) is 5.92 Å². The van der Waals surface area contributed by atoms with Crippen molar-refractivity contribution in [2.24, 2.45) is 11.7 Å². The molecule has 6 N–H and O–H groups in total. The van der Waals surface area contributed by atoms with Crippen LogP contribution in [-0.4, -0.2) is 48.1 Å². The molecule has 8 heteroatoms. The maximum Gasteiger partial charge on any atom is 0.308 e. The van der Waals surface area contributed by atoms with Crippen LogP contribution < -0.4 is 21.7 Å². The Labute approximate surface area is 164 Å². The number of rotatable bonds is 8. The molecule has 1 aliphatic heterocycles.